The molecular weight excluding hydrogens is 240 g/mol. The van der Waals surface area contributed by atoms with Crippen molar-refractivity contribution in [3.63, 3.8) is 0 Å². The lowest BCUT2D eigenvalue weighted by Crippen LogP contribution is -2.47. The van der Waals surface area contributed by atoms with E-state index in [0.29, 0.717) is 16.6 Å². The number of carbonyl (C=O) groups is 1. The Morgan fingerprint density at radius 2 is 1.50 bits per heavy atom. The highest BCUT2D eigenvalue weighted by molar-refractivity contribution is 6.77. The normalized spacial score (nSPS) is 13.2. The standard InChI is InChI=1S/C15H30O2Si/c1-12(2)18(13(3)4,14(5)6)17-11-9-8-10-15(7)16/h8,10,12-14H,9,11H2,1-7H3/b10-8+. The molecule has 0 bridgehead atoms. The molecule has 0 saturated carbocycles. The molecule has 0 amide bonds. The zero-order chi connectivity index (χ0) is 14.3. The molecule has 0 spiro atoms. The number of hydrogen-bond donors (Lipinski definition) is 0. The lowest BCUT2D eigenvalue weighted by Gasteiger charge is -2.42. The summed E-state index contributed by atoms with van der Waals surface area (Å²) in [7, 11) is -1.72. The molecule has 106 valence electrons. The van der Waals surface area contributed by atoms with Gasteiger partial charge in [-0.25, -0.2) is 0 Å². The van der Waals surface area contributed by atoms with Crippen molar-refractivity contribution in [1.82, 2.24) is 0 Å². The highest BCUT2D eigenvalue weighted by atomic mass is 28.4. The maximum absolute atomic E-state index is 10.8. The molecule has 0 heterocycles. The third-order valence-electron chi connectivity index (χ3n) is 3.70. The summed E-state index contributed by atoms with van der Waals surface area (Å²) in [6.07, 6.45) is 4.38. The smallest absolute Gasteiger partial charge is 0.200 e. The molecule has 0 aromatic carbocycles. The topological polar surface area (TPSA) is 26.3 Å². The zero-order valence-electron chi connectivity index (χ0n) is 13.1. The van der Waals surface area contributed by atoms with E-state index in [1.807, 2.05) is 6.08 Å². The maximum Gasteiger partial charge on any atom is 0.200 e. The predicted molar refractivity (Wildman–Crippen MR) is 81.4 cm³/mol. The van der Waals surface area contributed by atoms with Gasteiger partial charge in [-0.15, -0.1) is 0 Å². The van der Waals surface area contributed by atoms with Crippen LogP contribution in [0.1, 0.15) is 54.9 Å². The van der Waals surface area contributed by atoms with E-state index in [1.54, 1.807) is 13.0 Å². The maximum atomic E-state index is 10.8. The van der Waals surface area contributed by atoms with Gasteiger partial charge in [-0.1, -0.05) is 47.6 Å². The molecule has 0 N–H and O–H groups in total. The van der Waals surface area contributed by atoms with Crippen LogP contribution in [0.25, 0.3) is 0 Å². The second-order valence-electron chi connectivity index (χ2n) is 5.97. The Kier molecular flexibility index (Phi) is 7.72. The Morgan fingerprint density at radius 1 is 1.06 bits per heavy atom. The van der Waals surface area contributed by atoms with Crippen molar-refractivity contribution in [2.45, 2.75) is 71.5 Å². The van der Waals surface area contributed by atoms with Crippen LogP contribution in [-0.2, 0) is 9.22 Å². The van der Waals surface area contributed by atoms with Gasteiger partial charge in [-0.05, 0) is 36.0 Å². The summed E-state index contributed by atoms with van der Waals surface area (Å²) < 4.78 is 6.37. The molecule has 0 aromatic heterocycles. The van der Waals surface area contributed by atoms with Crippen LogP contribution in [0.2, 0.25) is 16.6 Å². The van der Waals surface area contributed by atoms with Gasteiger partial charge in [0.25, 0.3) is 0 Å². The summed E-state index contributed by atoms with van der Waals surface area (Å²) in [5.74, 6) is 0.107. The van der Waals surface area contributed by atoms with E-state index in [-0.39, 0.29) is 5.78 Å². The van der Waals surface area contributed by atoms with Crippen molar-refractivity contribution >= 4 is 14.1 Å². The number of hydrogen-bond acceptors (Lipinski definition) is 2. The van der Waals surface area contributed by atoms with Crippen molar-refractivity contribution in [2.24, 2.45) is 0 Å². The number of ketones is 1. The van der Waals surface area contributed by atoms with Gasteiger partial charge in [0.15, 0.2) is 14.1 Å². The van der Waals surface area contributed by atoms with E-state index in [9.17, 15) is 4.79 Å². The van der Waals surface area contributed by atoms with Crippen LogP contribution in [0.5, 0.6) is 0 Å². The Labute approximate surface area is 114 Å². The van der Waals surface area contributed by atoms with Gasteiger partial charge in [0.1, 0.15) is 0 Å². The Hall–Kier alpha value is -0.413. The molecule has 0 fully saturated rings. The van der Waals surface area contributed by atoms with E-state index in [2.05, 4.69) is 41.5 Å². The number of allylic oxidation sites excluding steroid dienone is 1. The average molecular weight is 270 g/mol. The molecule has 0 aliphatic heterocycles. The second kappa shape index (κ2) is 7.90. The summed E-state index contributed by atoms with van der Waals surface area (Å²) in [6, 6.07) is 0. The minimum Gasteiger partial charge on any atom is -0.416 e. The summed E-state index contributed by atoms with van der Waals surface area (Å²) in [5, 5.41) is 0. The lowest BCUT2D eigenvalue weighted by molar-refractivity contribution is -0.112. The van der Waals surface area contributed by atoms with Gasteiger partial charge >= 0.3 is 0 Å². The Bertz CT molecular complexity index is 258. The lowest BCUT2D eigenvalue weighted by atomic mass is 10.3. The van der Waals surface area contributed by atoms with Crippen LogP contribution < -0.4 is 0 Å². The van der Waals surface area contributed by atoms with Gasteiger partial charge in [-0.3, -0.25) is 4.79 Å². The summed E-state index contributed by atoms with van der Waals surface area (Å²) in [6.45, 7) is 16.1. The minimum atomic E-state index is -1.72. The van der Waals surface area contributed by atoms with Crippen LogP contribution >= 0.6 is 0 Å². The highest BCUT2D eigenvalue weighted by Crippen LogP contribution is 2.42. The molecule has 18 heavy (non-hydrogen) atoms. The Balaban J connectivity index is 4.57. The molecular formula is C15H30O2Si. The first-order valence-electron chi connectivity index (χ1n) is 7.06. The van der Waals surface area contributed by atoms with Crippen LogP contribution in [0.4, 0.5) is 0 Å². The first-order valence-corrected chi connectivity index (χ1v) is 9.20. The van der Waals surface area contributed by atoms with Crippen LogP contribution in [0.3, 0.4) is 0 Å². The molecule has 2 nitrogen and oxygen atoms in total. The average Bonchev–Trinajstić information content (AvgIpc) is 2.20. The van der Waals surface area contributed by atoms with Crippen LogP contribution in [0.15, 0.2) is 12.2 Å². The monoisotopic (exact) mass is 270 g/mol. The van der Waals surface area contributed by atoms with Crippen LogP contribution in [0, 0.1) is 0 Å². The largest absolute Gasteiger partial charge is 0.416 e. The van der Waals surface area contributed by atoms with Crippen molar-refractivity contribution in [2.75, 3.05) is 6.61 Å². The minimum absolute atomic E-state index is 0.107. The third kappa shape index (κ3) is 4.69. The van der Waals surface area contributed by atoms with E-state index in [1.165, 1.54) is 0 Å². The van der Waals surface area contributed by atoms with Crippen molar-refractivity contribution in [1.29, 1.82) is 0 Å². The zero-order valence-corrected chi connectivity index (χ0v) is 14.1. The van der Waals surface area contributed by atoms with Crippen molar-refractivity contribution in [3.8, 4) is 0 Å². The molecule has 0 aliphatic carbocycles. The van der Waals surface area contributed by atoms with Crippen LogP contribution in [-0.4, -0.2) is 20.7 Å². The summed E-state index contributed by atoms with van der Waals surface area (Å²) in [4.78, 5) is 10.8. The van der Waals surface area contributed by atoms with Gasteiger partial charge < -0.3 is 4.43 Å². The fourth-order valence-corrected chi connectivity index (χ4v) is 8.52. The van der Waals surface area contributed by atoms with E-state index in [0.717, 1.165) is 13.0 Å². The molecule has 0 rings (SSSR count). The molecule has 0 aliphatic rings. The SMILES string of the molecule is CC(=O)/C=C/CCO[Si](C(C)C)(C(C)C)C(C)C. The van der Waals surface area contributed by atoms with Gasteiger partial charge in [-0.2, -0.15) is 0 Å². The predicted octanol–water partition coefficient (Wildman–Crippen LogP) is 4.71. The fraction of sp³-hybridized carbons (Fsp3) is 0.800. The molecule has 0 atom stereocenters. The molecule has 0 saturated heterocycles. The van der Waals surface area contributed by atoms with Gasteiger partial charge in [0.2, 0.25) is 0 Å². The van der Waals surface area contributed by atoms with E-state index in [4.69, 9.17) is 4.43 Å². The summed E-state index contributed by atoms with van der Waals surface area (Å²) in [5.41, 5.74) is 1.86. The summed E-state index contributed by atoms with van der Waals surface area (Å²) >= 11 is 0. The molecule has 3 heteroatoms. The fourth-order valence-electron chi connectivity index (χ4n) is 3.05. The number of rotatable bonds is 8. The quantitative estimate of drug-likeness (QED) is 0.362. The molecule has 0 radical (unpaired) electrons. The van der Waals surface area contributed by atoms with E-state index < -0.39 is 8.32 Å². The first-order chi connectivity index (χ1) is 8.25. The van der Waals surface area contributed by atoms with Crippen molar-refractivity contribution < 1.29 is 9.22 Å². The Morgan fingerprint density at radius 3 is 1.83 bits per heavy atom. The first kappa shape index (κ1) is 17.6. The third-order valence-corrected chi connectivity index (χ3v) is 9.81. The number of carbonyl (C=O) groups excluding carboxylic acids is 1. The van der Waals surface area contributed by atoms with E-state index >= 15 is 0 Å². The van der Waals surface area contributed by atoms with Gasteiger partial charge in [0.05, 0.1) is 0 Å². The second-order valence-corrected chi connectivity index (χ2v) is 11.4. The van der Waals surface area contributed by atoms with Gasteiger partial charge in [0, 0.05) is 6.61 Å². The molecule has 0 unspecified atom stereocenters. The van der Waals surface area contributed by atoms with Crippen molar-refractivity contribution in [3.05, 3.63) is 12.2 Å². The highest BCUT2D eigenvalue weighted by Gasteiger charge is 2.44. The molecule has 0 aromatic rings.